The summed E-state index contributed by atoms with van der Waals surface area (Å²) in [5, 5.41) is 4.26. The minimum absolute atomic E-state index is 0.167. The first-order valence-electron chi connectivity index (χ1n) is 9.02. The second-order valence-electron chi connectivity index (χ2n) is 6.63. The van der Waals surface area contributed by atoms with Gasteiger partial charge < -0.3 is 24.4 Å². The van der Waals surface area contributed by atoms with Crippen LogP contribution in [0.2, 0.25) is 5.02 Å². The molecular weight excluding hydrogens is 427 g/mol. The fourth-order valence-corrected chi connectivity index (χ4v) is 3.27. The van der Waals surface area contributed by atoms with Crippen LogP contribution in [0.25, 0.3) is 0 Å². The largest absolute Gasteiger partial charge is 0.492 e. The maximum atomic E-state index is 13.7. The molecule has 2 aromatic rings. The van der Waals surface area contributed by atoms with Crippen molar-refractivity contribution in [3.8, 4) is 11.5 Å². The maximum Gasteiger partial charge on any atom is 0.492 e. The zero-order valence-corrected chi connectivity index (χ0v) is 16.2. The predicted molar refractivity (Wildman–Crippen MR) is 103 cm³/mol. The summed E-state index contributed by atoms with van der Waals surface area (Å²) in [7, 11) is 0. The zero-order chi connectivity index (χ0) is 21.4. The average molecular weight is 444 g/mol. The predicted octanol–water partition coefficient (Wildman–Crippen LogP) is 3.99. The minimum Gasteiger partial charge on any atom is -0.424 e. The Hall–Kier alpha value is -2.85. The van der Waals surface area contributed by atoms with E-state index in [4.69, 9.17) is 25.8 Å². The third-order valence-electron chi connectivity index (χ3n) is 4.57. The molecule has 2 aliphatic heterocycles. The van der Waals surface area contributed by atoms with Gasteiger partial charge in [-0.05, 0) is 36.4 Å². The first kappa shape index (κ1) is 20.4. The quantitative estimate of drug-likeness (QED) is 0.750. The molecule has 1 fully saturated rings. The second kappa shape index (κ2) is 7.77. The van der Waals surface area contributed by atoms with Crippen molar-refractivity contribution in [1.29, 1.82) is 0 Å². The number of carbonyl (C=O) groups is 1. The third kappa shape index (κ3) is 4.05. The minimum atomic E-state index is -5.06. The van der Waals surface area contributed by atoms with Gasteiger partial charge in [0.25, 0.3) is 0 Å². The Morgan fingerprint density at radius 1 is 1.03 bits per heavy atom. The molecule has 0 aliphatic carbocycles. The number of carbonyl (C=O) groups excluding carboxylic acids is 1. The Kier molecular flexibility index (Phi) is 5.29. The molecule has 30 heavy (non-hydrogen) atoms. The molecule has 0 saturated carbocycles. The van der Waals surface area contributed by atoms with Crippen LogP contribution in [-0.2, 0) is 4.74 Å². The molecular formula is C19H17ClF3N3O4. The second-order valence-corrected chi connectivity index (χ2v) is 7.07. The summed E-state index contributed by atoms with van der Waals surface area (Å²) in [4.78, 5) is 14.4. The lowest BCUT2D eigenvalue weighted by atomic mass is 10.2. The molecule has 0 bridgehead atoms. The SMILES string of the molecule is O=C(Nc1ccc(N2CCOCC2)cc1)NC1(C(F)(F)F)Oc2ccc(Cl)cc2O1. The Morgan fingerprint density at radius 3 is 2.37 bits per heavy atom. The van der Waals surface area contributed by atoms with Gasteiger partial charge in [-0.1, -0.05) is 11.6 Å². The summed E-state index contributed by atoms with van der Waals surface area (Å²) < 4.78 is 56.2. The van der Waals surface area contributed by atoms with Gasteiger partial charge in [-0.15, -0.1) is 0 Å². The lowest BCUT2D eigenvalue weighted by Crippen LogP contribution is -2.65. The number of ether oxygens (including phenoxy) is 3. The molecule has 2 amide bonds. The van der Waals surface area contributed by atoms with E-state index in [1.54, 1.807) is 29.6 Å². The molecule has 1 atom stereocenters. The molecule has 1 unspecified atom stereocenters. The van der Waals surface area contributed by atoms with Crippen molar-refractivity contribution in [1.82, 2.24) is 5.32 Å². The molecule has 2 N–H and O–H groups in total. The number of hydrogen-bond donors (Lipinski definition) is 2. The summed E-state index contributed by atoms with van der Waals surface area (Å²) in [6, 6.07) is 9.33. The van der Waals surface area contributed by atoms with Crippen molar-refractivity contribution in [2.45, 2.75) is 12.1 Å². The number of alkyl halides is 3. The number of rotatable bonds is 3. The number of halogens is 4. The fourth-order valence-electron chi connectivity index (χ4n) is 3.10. The number of urea groups is 1. The summed E-state index contributed by atoms with van der Waals surface area (Å²) >= 11 is 5.79. The van der Waals surface area contributed by atoms with Crippen LogP contribution >= 0.6 is 11.6 Å². The summed E-state index contributed by atoms with van der Waals surface area (Å²) in [5.41, 5.74) is 1.23. The van der Waals surface area contributed by atoms with Gasteiger partial charge in [-0.25, -0.2) is 4.79 Å². The van der Waals surface area contributed by atoms with Crippen molar-refractivity contribution < 1.29 is 32.2 Å². The summed E-state index contributed by atoms with van der Waals surface area (Å²) in [6.07, 6.45) is -5.06. The topological polar surface area (TPSA) is 72.1 Å². The highest BCUT2D eigenvalue weighted by atomic mass is 35.5. The number of nitrogens with zero attached hydrogens (tertiary/aromatic N) is 1. The molecule has 160 valence electrons. The van der Waals surface area contributed by atoms with Gasteiger partial charge in [0.2, 0.25) is 0 Å². The third-order valence-corrected chi connectivity index (χ3v) is 4.80. The highest BCUT2D eigenvalue weighted by Crippen LogP contribution is 2.46. The Bertz CT molecular complexity index is 936. The average Bonchev–Trinajstić information content (AvgIpc) is 3.07. The van der Waals surface area contributed by atoms with Crippen molar-refractivity contribution in [2.75, 3.05) is 36.5 Å². The van der Waals surface area contributed by atoms with Crippen LogP contribution in [0.5, 0.6) is 11.5 Å². The van der Waals surface area contributed by atoms with E-state index in [0.717, 1.165) is 18.8 Å². The number of amides is 2. The van der Waals surface area contributed by atoms with E-state index < -0.39 is 18.1 Å². The van der Waals surface area contributed by atoms with Crippen LogP contribution in [0.1, 0.15) is 0 Å². The number of anilines is 2. The molecule has 0 radical (unpaired) electrons. The van der Waals surface area contributed by atoms with Gasteiger partial charge in [0, 0.05) is 35.6 Å². The molecule has 0 spiro atoms. The van der Waals surface area contributed by atoms with Crippen molar-refractivity contribution in [3.63, 3.8) is 0 Å². The molecule has 4 rings (SSSR count). The van der Waals surface area contributed by atoms with Crippen molar-refractivity contribution in [3.05, 3.63) is 47.5 Å². The maximum absolute atomic E-state index is 13.7. The van der Waals surface area contributed by atoms with Gasteiger partial charge in [0.15, 0.2) is 11.5 Å². The molecule has 0 aromatic heterocycles. The highest BCUT2D eigenvalue weighted by Gasteiger charge is 2.65. The molecule has 2 aromatic carbocycles. The van der Waals surface area contributed by atoms with E-state index in [-0.39, 0.29) is 16.5 Å². The summed E-state index contributed by atoms with van der Waals surface area (Å²) in [5.74, 6) is -3.78. The van der Waals surface area contributed by atoms with E-state index in [0.29, 0.717) is 18.9 Å². The number of fused-ring (bicyclic) bond motifs is 1. The van der Waals surface area contributed by atoms with Crippen molar-refractivity contribution in [2.24, 2.45) is 0 Å². The molecule has 2 heterocycles. The zero-order valence-electron chi connectivity index (χ0n) is 15.5. The van der Waals surface area contributed by atoms with E-state index in [1.165, 1.54) is 18.2 Å². The Morgan fingerprint density at radius 2 is 1.70 bits per heavy atom. The van der Waals surface area contributed by atoms with Crippen LogP contribution in [0.4, 0.5) is 29.3 Å². The fraction of sp³-hybridized carbons (Fsp3) is 0.316. The lowest BCUT2D eigenvalue weighted by molar-refractivity contribution is -0.317. The van der Waals surface area contributed by atoms with Gasteiger partial charge in [-0.2, -0.15) is 13.2 Å². The van der Waals surface area contributed by atoms with E-state index in [2.05, 4.69) is 10.2 Å². The first-order chi connectivity index (χ1) is 14.3. The molecule has 11 heteroatoms. The Labute approximate surface area is 174 Å². The monoisotopic (exact) mass is 443 g/mol. The smallest absolute Gasteiger partial charge is 0.424 e. The first-order valence-corrected chi connectivity index (χ1v) is 9.40. The van der Waals surface area contributed by atoms with Gasteiger partial charge in [0.05, 0.1) is 13.2 Å². The molecule has 7 nitrogen and oxygen atoms in total. The van der Waals surface area contributed by atoms with Crippen LogP contribution in [0.15, 0.2) is 42.5 Å². The van der Waals surface area contributed by atoms with Gasteiger partial charge in [0.1, 0.15) is 0 Å². The van der Waals surface area contributed by atoms with Gasteiger partial charge in [-0.3, -0.25) is 5.32 Å². The van der Waals surface area contributed by atoms with Crippen LogP contribution in [-0.4, -0.2) is 44.4 Å². The van der Waals surface area contributed by atoms with Gasteiger partial charge >= 0.3 is 18.1 Å². The van der Waals surface area contributed by atoms with Crippen LogP contribution in [0, 0.1) is 0 Å². The van der Waals surface area contributed by atoms with E-state index in [9.17, 15) is 18.0 Å². The van der Waals surface area contributed by atoms with E-state index in [1.807, 2.05) is 0 Å². The number of nitrogens with one attached hydrogen (secondary N) is 2. The van der Waals surface area contributed by atoms with E-state index >= 15 is 0 Å². The lowest BCUT2D eigenvalue weighted by Gasteiger charge is -2.30. The normalized spacial score (nSPS) is 20.7. The Balaban J connectivity index is 1.45. The number of morpholine rings is 1. The summed E-state index contributed by atoms with van der Waals surface area (Å²) in [6.45, 7) is 2.71. The number of benzene rings is 2. The number of hydrogen-bond acceptors (Lipinski definition) is 5. The standard InChI is InChI=1S/C19H17ClF3N3O4/c20-12-1-6-15-16(11-12)30-19(29-15,18(21,22)23)25-17(27)24-13-2-4-14(5-3-13)26-7-9-28-10-8-26/h1-6,11H,7-10H2,(H2,24,25,27). The molecule has 2 aliphatic rings. The van der Waals surface area contributed by atoms with Crippen LogP contribution in [0.3, 0.4) is 0 Å². The molecule has 1 saturated heterocycles. The highest BCUT2D eigenvalue weighted by molar-refractivity contribution is 6.30. The van der Waals surface area contributed by atoms with Crippen LogP contribution < -0.4 is 25.0 Å². The van der Waals surface area contributed by atoms with Crippen molar-refractivity contribution >= 4 is 29.0 Å².